The number of para-hydroxylation sites is 1. The molecule has 1 aromatic rings. The second-order valence-electron chi connectivity index (χ2n) is 9.68. The van der Waals surface area contributed by atoms with Gasteiger partial charge in [-0.05, 0) is 36.9 Å². The van der Waals surface area contributed by atoms with Crippen LogP contribution in [0.15, 0.2) is 18.2 Å². The zero-order valence-electron chi connectivity index (χ0n) is 20.9. The highest BCUT2D eigenvalue weighted by Crippen LogP contribution is 2.31. The van der Waals surface area contributed by atoms with E-state index in [2.05, 4.69) is 51.7 Å². The minimum absolute atomic E-state index is 0.216. The van der Waals surface area contributed by atoms with Crippen LogP contribution in [0.4, 0.5) is 4.79 Å². The molecule has 0 saturated carbocycles. The molecule has 0 radical (unpaired) electrons. The first kappa shape index (κ1) is 26.7. The van der Waals surface area contributed by atoms with Crippen molar-refractivity contribution in [3.05, 3.63) is 23.8 Å². The average molecular weight is 434 g/mol. The Hall–Kier alpha value is -1.29. The summed E-state index contributed by atoms with van der Waals surface area (Å²) in [6, 6.07) is 6.50. The molecule has 172 valence electrons. The maximum atomic E-state index is 12.8. The number of carbonyl (C=O) groups excluding carboxylic acids is 1. The molecule has 0 aromatic heterocycles. The van der Waals surface area contributed by atoms with Gasteiger partial charge in [0.15, 0.2) is 0 Å². The molecule has 0 aliphatic rings. The van der Waals surface area contributed by atoms with Gasteiger partial charge in [0.2, 0.25) is 0 Å². The van der Waals surface area contributed by atoms with E-state index in [-0.39, 0.29) is 6.09 Å². The van der Waals surface area contributed by atoms with E-state index in [0.717, 1.165) is 12.2 Å². The Morgan fingerprint density at radius 1 is 0.933 bits per heavy atom. The third-order valence-electron chi connectivity index (χ3n) is 6.09. The molecule has 0 fully saturated rings. The summed E-state index contributed by atoms with van der Waals surface area (Å²) in [5, 5.41) is 1.25. The minimum Gasteiger partial charge on any atom is -0.410 e. The van der Waals surface area contributed by atoms with Crippen molar-refractivity contribution in [2.24, 2.45) is 0 Å². The van der Waals surface area contributed by atoms with Crippen LogP contribution in [0.5, 0.6) is 5.75 Å². The fraction of sp³-hybridized carbons (Fsp3) is 0.731. The Balaban J connectivity index is 2.83. The van der Waals surface area contributed by atoms with Crippen molar-refractivity contribution in [1.82, 2.24) is 4.90 Å². The van der Waals surface area contributed by atoms with Crippen molar-refractivity contribution in [2.45, 2.75) is 111 Å². The van der Waals surface area contributed by atoms with Crippen molar-refractivity contribution >= 4 is 19.4 Å². The fourth-order valence-corrected chi connectivity index (χ4v) is 5.49. The number of ether oxygens (including phenoxy) is 1. The third-order valence-corrected chi connectivity index (χ3v) is 8.10. The molecule has 4 heteroatoms. The van der Waals surface area contributed by atoms with E-state index >= 15 is 0 Å². The molecule has 0 aliphatic heterocycles. The average Bonchev–Trinajstić information content (AvgIpc) is 2.70. The van der Waals surface area contributed by atoms with Crippen LogP contribution in [0.1, 0.15) is 97.0 Å². The molecular formula is C26H47NO2Si. The van der Waals surface area contributed by atoms with Gasteiger partial charge in [0.1, 0.15) is 5.75 Å². The fourth-order valence-electron chi connectivity index (χ4n) is 4.02. The summed E-state index contributed by atoms with van der Waals surface area (Å²) in [7, 11) is -1.63. The quantitative estimate of drug-likeness (QED) is 0.222. The number of hydrogen-bond acceptors (Lipinski definition) is 2. The SMILES string of the molecule is CCCCCCCCCC[C@@H](C)c1cccc([Si](C)(C)C)c1OC(=O)N(CC)CC. The van der Waals surface area contributed by atoms with Crippen LogP contribution in [-0.2, 0) is 0 Å². The predicted octanol–water partition coefficient (Wildman–Crippen LogP) is 7.71. The topological polar surface area (TPSA) is 29.5 Å². The molecule has 30 heavy (non-hydrogen) atoms. The van der Waals surface area contributed by atoms with Crippen molar-refractivity contribution < 1.29 is 9.53 Å². The standard InChI is InChI=1S/C26H47NO2Si/c1-8-11-12-13-14-15-16-17-19-22(4)23-20-18-21-24(30(5,6)7)25(23)29-26(28)27(9-2)10-3/h18,20-22H,8-17,19H2,1-7H3/t22-/m1/s1. The van der Waals surface area contributed by atoms with E-state index in [1.165, 1.54) is 62.1 Å². The zero-order chi connectivity index (χ0) is 22.6. The third kappa shape index (κ3) is 8.83. The smallest absolute Gasteiger partial charge is 0.410 e. The summed E-state index contributed by atoms with van der Waals surface area (Å²) in [4.78, 5) is 14.5. The molecule has 1 amide bonds. The first-order valence-corrected chi connectivity index (χ1v) is 15.9. The molecule has 0 saturated heterocycles. The van der Waals surface area contributed by atoms with Gasteiger partial charge in [0, 0.05) is 13.1 Å². The van der Waals surface area contributed by atoms with Crippen LogP contribution in [-0.4, -0.2) is 32.2 Å². The van der Waals surface area contributed by atoms with Crippen LogP contribution in [0.3, 0.4) is 0 Å². The number of benzene rings is 1. The zero-order valence-corrected chi connectivity index (χ0v) is 21.9. The van der Waals surface area contributed by atoms with Crippen molar-refractivity contribution in [3.63, 3.8) is 0 Å². The molecule has 3 nitrogen and oxygen atoms in total. The Morgan fingerprint density at radius 2 is 1.50 bits per heavy atom. The number of nitrogens with zero attached hydrogens (tertiary/aromatic N) is 1. The van der Waals surface area contributed by atoms with Gasteiger partial charge in [-0.2, -0.15) is 0 Å². The van der Waals surface area contributed by atoms with Crippen molar-refractivity contribution in [1.29, 1.82) is 0 Å². The highest BCUT2D eigenvalue weighted by molar-refractivity contribution is 6.89. The lowest BCUT2D eigenvalue weighted by Crippen LogP contribution is -2.41. The number of carbonyl (C=O) groups is 1. The molecule has 0 spiro atoms. The lowest BCUT2D eigenvalue weighted by molar-refractivity contribution is 0.157. The van der Waals surface area contributed by atoms with E-state index in [1.54, 1.807) is 4.90 Å². The van der Waals surface area contributed by atoms with Gasteiger partial charge >= 0.3 is 6.09 Å². The molecule has 0 N–H and O–H groups in total. The summed E-state index contributed by atoms with van der Waals surface area (Å²) in [6.07, 6.45) is 11.7. The maximum absolute atomic E-state index is 12.8. The Labute approximate surface area is 187 Å². The van der Waals surface area contributed by atoms with Gasteiger partial charge in [-0.3, -0.25) is 0 Å². The predicted molar refractivity (Wildman–Crippen MR) is 134 cm³/mol. The van der Waals surface area contributed by atoms with E-state index in [1.807, 2.05) is 13.8 Å². The Morgan fingerprint density at radius 3 is 2.03 bits per heavy atom. The second kappa shape index (κ2) is 13.9. The van der Waals surface area contributed by atoms with Crippen LogP contribution in [0.2, 0.25) is 19.6 Å². The van der Waals surface area contributed by atoms with Crippen LogP contribution in [0.25, 0.3) is 0 Å². The number of rotatable bonds is 14. The van der Waals surface area contributed by atoms with Crippen LogP contribution in [0, 0.1) is 0 Å². The van der Waals surface area contributed by atoms with E-state index in [4.69, 9.17) is 4.74 Å². The van der Waals surface area contributed by atoms with Gasteiger partial charge < -0.3 is 9.64 Å². The molecule has 1 rings (SSSR count). The first-order valence-electron chi connectivity index (χ1n) is 12.4. The Bertz CT molecular complexity index is 620. The highest BCUT2D eigenvalue weighted by Gasteiger charge is 2.27. The molecular weight excluding hydrogens is 386 g/mol. The highest BCUT2D eigenvalue weighted by atomic mass is 28.3. The molecule has 0 unspecified atom stereocenters. The first-order chi connectivity index (χ1) is 14.3. The van der Waals surface area contributed by atoms with E-state index < -0.39 is 8.07 Å². The monoisotopic (exact) mass is 433 g/mol. The van der Waals surface area contributed by atoms with Crippen LogP contribution >= 0.6 is 0 Å². The summed E-state index contributed by atoms with van der Waals surface area (Å²) >= 11 is 0. The number of hydrogen-bond donors (Lipinski definition) is 0. The summed E-state index contributed by atoms with van der Waals surface area (Å²) in [5.74, 6) is 1.25. The number of amides is 1. The van der Waals surface area contributed by atoms with Crippen molar-refractivity contribution in [2.75, 3.05) is 13.1 Å². The number of unbranched alkanes of at least 4 members (excludes halogenated alkanes) is 7. The van der Waals surface area contributed by atoms with Gasteiger partial charge in [0.25, 0.3) is 0 Å². The normalized spacial score (nSPS) is 12.6. The van der Waals surface area contributed by atoms with Gasteiger partial charge in [0.05, 0.1) is 8.07 Å². The van der Waals surface area contributed by atoms with Gasteiger partial charge in [-0.25, -0.2) is 4.79 Å². The molecule has 1 aromatic carbocycles. The molecule has 0 bridgehead atoms. The maximum Gasteiger partial charge on any atom is 0.415 e. The molecule has 0 aliphatic carbocycles. The van der Waals surface area contributed by atoms with E-state index in [0.29, 0.717) is 19.0 Å². The lowest BCUT2D eigenvalue weighted by Gasteiger charge is -2.27. The lowest BCUT2D eigenvalue weighted by atomic mass is 9.93. The largest absolute Gasteiger partial charge is 0.415 e. The summed E-state index contributed by atoms with van der Waals surface area (Å²) in [5.41, 5.74) is 1.21. The minimum atomic E-state index is -1.63. The van der Waals surface area contributed by atoms with Gasteiger partial charge in [-0.1, -0.05) is 103 Å². The Kier molecular flexibility index (Phi) is 12.4. The van der Waals surface area contributed by atoms with Crippen molar-refractivity contribution in [3.8, 4) is 5.75 Å². The van der Waals surface area contributed by atoms with Crippen LogP contribution < -0.4 is 9.92 Å². The summed E-state index contributed by atoms with van der Waals surface area (Å²) in [6.45, 7) is 16.9. The molecule has 1 atom stereocenters. The van der Waals surface area contributed by atoms with Gasteiger partial charge in [-0.15, -0.1) is 0 Å². The van der Waals surface area contributed by atoms with E-state index in [9.17, 15) is 4.79 Å². The second-order valence-corrected chi connectivity index (χ2v) is 14.7. The summed E-state index contributed by atoms with van der Waals surface area (Å²) < 4.78 is 6.07. The molecule has 0 heterocycles.